The van der Waals surface area contributed by atoms with Gasteiger partial charge >= 0.3 is 0 Å². The Morgan fingerprint density at radius 3 is 2.53 bits per heavy atom. The largest absolute Gasteiger partial charge is 0.298 e. The number of halogens is 2. The van der Waals surface area contributed by atoms with E-state index in [-0.39, 0.29) is 5.82 Å². The summed E-state index contributed by atoms with van der Waals surface area (Å²) in [5.74, 6) is -0.229. The zero-order chi connectivity index (χ0) is 13.6. The Kier molecular flexibility index (Phi) is 2.90. The van der Waals surface area contributed by atoms with Crippen LogP contribution in [0.15, 0.2) is 41.0 Å². The lowest BCUT2D eigenvalue weighted by Gasteiger charge is -2.05. The summed E-state index contributed by atoms with van der Waals surface area (Å²) >= 11 is 3.50. The maximum atomic E-state index is 13.0. The first-order chi connectivity index (χ1) is 9.06. The summed E-state index contributed by atoms with van der Waals surface area (Å²) in [6, 6.07) is 8.54. The quantitative estimate of drug-likeness (QED) is 0.644. The van der Waals surface area contributed by atoms with Crippen molar-refractivity contribution >= 4 is 21.6 Å². The molecule has 0 aliphatic heterocycles. The second kappa shape index (κ2) is 4.46. The fraction of sp³-hybridized carbons (Fsp3) is 0.133. The van der Waals surface area contributed by atoms with Gasteiger partial charge in [0, 0.05) is 16.2 Å². The average molecular weight is 319 g/mol. The molecule has 0 aliphatic carbocycles. The van der Waals surface area contributed by atoms with Crippen molar-refractivity contribution in [3.8, 4) is 11.3 Å². The molecule has 19 heavy (non-hydrogen) atoms. The average Bonchev–Trinajstić information content (AvgIpc) is 2.67. The van der Waals surface area contributed by atoms with Gasteiger partial charge in [-0.1, -0.05) is 0 Å². The highest BCUT2D eigenvalue weighted by atomic mass is 79.9. The van der Waals surface area contributed by atoms with Crippen molar-refractivity contribution in [3.63, 3.8) is 0 Å². The van der Waals surface area contributed by atoms with Crippen LogP contribution in [-0.2, 0) is 0 Å². The summed E-state index contributed by atoms with van der Waals surface area (Å²) in [6.07, 6.45) is 1.99. The molecule has 0 atom stereocenters. The summed E-state index contributed by atoms with van der Waals surface area (Å²) in [6.45, 7) is 4.00. The number of hydrogen-bond acceptors (Lipinski definition) is 1. The lowest BCUT2D eigenvalue weighted by molar-refractivity contribution is 0.628. The molecule has 0 fully saturated rings. The molecule has 2 nitrogen and oxygen atoms in total. The molecule has 3 rings (SSSR count). The van der Waals surface area contributed by atoms with E-state index in [0.717, 1.165) is 32.6 Å². The molecule has 0 saturated heterocycles. The van der Waals surface area contributed by atoms with Crippen LogP contribution in [0.3, 0.4) is 0 Å². The molecular formula is C15H12BrFN2. The Hall–Kier alpha value is -1.68. The van der Waals surface area contributed by atoms with Crippen LogP contribution in [0.4, 0.5) is 4.39 Å². The number of nitrogens with zero attached hydrogens (tertiary/aromatic N) is 2. The molecule has 0 bridgehead atoms. The van der Waals surface area contributed by atoms with Crippen molar-refractivity contribution in [1.82, 2.24) is 9.38 Å². The molecule has 3 aromatic rings. The maximum Gasteiger partial charge on any atom is 0.140 e. The number of benzene rings is 1. The fourth-order valence-electron chi connectivity index (χ4n) is 2.34. The van der Waals surface area contributed by atoms with Crippen LogP contribution in [0.2, 0.25) is 0 Å². The molecule has 0 radical (unpaired) electrons. The zero-order valence-corrected chi connectivity index (χ0v) is 12.2. The van der Waals surface area contributed by atoms with Crippen molar-refractivity contribution < 1.29 is 4.39 Å². The number of rotatable bonds is 1. The number of fused-ring (bicyclic) bond motifs is 1. The van der Waals surface area contributed by atoms with Crippen LogP contribution in [0, 0.1) is 19.7 Å². The Labute approximate surface area is 119 Å². The van der Waals surface area contributed by atoms with E-state index < -0.39 is 0 Å². The predicted octanol–water partition coefficient (Wildman–Crippen LogP) is 4.52. The molecular weight excluding hydrogens is 307 g/mol. The maximum absolute atomic E-state index is 13.0. The molecule has 96 valence electrons. The smallest absolute Gasteiger partial charge is 0.140 e. The van der Waals surface area contributed by atoms with Crippen molar-refractivity contribution in [2.75, 3.05) is 0 Å². The van der Waals surface area contributed by atoms with Gasteiger partial charge in [-0.2, -0.15) is 0 Å². The molecule has 2 aromatic heterocycles. The van der Waals surface area contributed by atoms with E-state index in [1.54, 1.807) is 12.1 Å². The number of aryl methyl sites for hydroxylation is 2. The lowest BCUT2D eigenvalue weighted by Crippen LogP contribution is -1.91. The standard InChI is InChI=1S/C15H12BrFN2/c1-9-7-12(16)8-19-14(10(2)18-15(9)19)11-3-5-13(17)6-4-11/h3-8H,1-2H3. The van der Waals surface area contributed by atoms with E-state index in [9.17, 15) is 4.39 Å². The SMILES string of the molecule is Cc1nc2c(C)cc(Br)cn2c1-c1ccc(F)cc1. The minimum atomic E-state index is -0.229. The first-order valence-corrected chi connectivity index (χ1v) is 6.76. The monoisotopic (exact) mass is 318 g/mol. The molecule has 1 aromatic carbocycles. The second-order valence-electron chi connectivity index (χ2n) is 4.59. The highest BCUT2D eigenvalue weighted by Crippen LogP contribution is 2.28. The van der Waals surface area contributed by atoms with E-state index >= 15 is 0 Å². The van der Waals surface area contributed by atoms with Crippen LogP contribution in [0.1, 0.15) is 11.3 Å². The van der Waals surface area contributed by atoms with Gasteiger partial charge in [0.25, 0.3) is 0 Å². The summed E-state index contributed by atoms with van der Waals surface area (Å²) < 4.78 is 16.1. The van der Waals surface area contributed by atoms with Crippen molar-refractivity contribution in [3.05, 3.63) is 58.1 Å². The second-order valence-corrected chi connectivity index (χ2v) is 5.50. The summed E-state index contributed by atoms with van der Waals surface area (Å²) in [5, 5.41) is 0. The van der Waals surface area contributed by atoms with E-state index in [1.807, 2.05) is 30.5 Å². The molecule has 0 saturated carbocycles. The van der Waals surface area contributed by atoms with E-state index in [0.29, 0.717) is 0 Å². The Balaban J connectivity index is 2.34. The van der Waals surface area contributed by atoms with Gasteiger partial charge in [0.05, 0.1) is 11.4 Å². The molecule has 4 heteroatoms. The van der Waals surface area contributed by atoms with Gasteiger partial charge in [0.1, 0.15) is 11.5 Å². The molecule has 0 amide bonds. The number of aromatic nitrogens is 2. The van der Waals surface area contributed by atoms with Crippen LogP contribution in [0.5, 0.6) is 0 Å². The van der Waals surface area contributed by atoms with Gasteiger partial charge in [0.15, 0.2) is 0 Å². The van der Waals surface area contributed by atoms with Gasteiger partial charge in [-0.15, -0.1) is 0 Å². The van der Waals surface area contributed by atoms with E-state index in [1.165, 1.54) is 12.1 Å². The van der Waals surface area contributed by atoms with Gasteiger partial charge in [-0.05, 0) is 65.7 Å². The Morgan fingerprint density at radius 1 is 1.16 bits per heavy atom. The lowest BCUT2D eigenvalue weighted by atomic mass is 10.1. The third-order valence-electron chi connectivity index (χ3n) is 3.16. The van der Waals surface area contributed by atoms with E-state index in [4.69, 9.17) is 0 Å². The van der Waals surface area contributed by atoms with Crippen LogP contribution in [-0.4, -0.2) is 9.38 Å². The van der Waals surface area contributed by atoms with E-state index in [2.05, 4.69) is 20.9 Å². The van der Waals surface area contributed by atoms with Crippen molar-refractivity contribution in [2.24, 2.45) is 0 Å². The third kappa shape index (κ3) is 2.06. The number of pyridine rings is 1. The van der Waals surface area contributed by atoms with Crippen molar-refractivity contribution in [1.29, 1.82) is 0 Å². The number of hydrogen-bond donors (Lipinski definition) is 0. The predicted molar refractivity (Wildman–Crippen MR) is 77.8 cm³/mol. The van der Waals surface area contributed by atoms with Crippen LogP contribution >= 0.6 is 15.9 Å². The van der Waals surface area contributed by atoms with Crippen LogP contribution < -0.4 is 0 Å². The third-order valence-corrected chi connectivity index (χ3v) is 3.60. The highest BCUT2D eigenvalue weighted by molar-refractivity contribution is 9.10. The minimum Gasteiger partial charge on any atom is -0.298 e. The molecule has 0 aliphatic rings. The first-order valence-electron chi connectivity index (χ1n) is 5.97. The van der Waals surface area contributed by atoms with Gasteiger partial charge < -0.3 is 0 Å². The molecule has 0 spiro atoms. The number of imidazole rings is 1. The molecule has 0 unspecified atom stereocenters. The molecule has 0 N–H and O–H groups in total. The Bertz CT molecular complexity index is 760. The molecule has 2 heterocycles. The summed E-state index contributed by atoms with van der Waals surface area (Å²) in [4.78, 5) is 4.60. The summed E-state index contributed by atoms with van der Waals surface area (Å²) in [5.41, 5.74) is 4.93. The minimum absolute atomic E-state index is 0.229. The van der Waals surface area contributed by atoms with Gasteiger partial charge in [-0.25, -0.2) is 9.37 Å². The van der Waals surface area contributed by atoms with Crippen LogP contribution in [0.25, 0.3) is 16.9 Å². The van der Waals surface area contributed by atoms with Gasteiger partial charge in [0.2, 0.25) is 0 Å². The highest BCUT2D eigenvalue weighted by Gasteiger charge is 2.13. The Morgan fingerprint density at radius 2 is 1.84 bits per heavy atom. The summed E-state index contributed by atoms with van der Waals surface area (Å²) in [7, 11) is 0. The fourth-order valence-corrected chi connectivity index (χ4v) is 2.89. The zero-order valence-electron chi connectivity index (χ0n) is 10.6. The normalized spacial score (nSPS) is 11.2. The topological polar surface area (TPSA) is 17.3 Å². The van der Waals surface area contributed by atoms with Gasteiger partial charge in [-0.3, -0.25) is 4.40 Å². The first kappa shape index (κ1) is 12.4. The van der Waals surface area contributed by atoms with Crippen molar-refractivity contribution in [2.45, 2.75) is 13.8 Å².